The fraction of sp³-hybridized carbons (Fsp3) is 0.833. The van der Waals surface area contributed by atoms with Crippen LogP contribution in [0.25, 0.3) is 0 Å². The minimum atomic E-state index is -0.148. The molecule has 0 aromatic carbocycles. The SMILES string of the molecule is CC1CCNC(C(=O)NCC(=O)NC(C)C)C1. The first-order chi connectivity index (χ1) is 7.99. The molecular weight excluding hydrogens is 218 g/mol. The summed E-state index contributed by atoms with van der Waals surface area (Å²) in [5.74, 6) is 0.351. The summed E-state index contributed by atoms with van der Waals surface area (Å²) in [7, 11) is 0. The lowest BCUT2D eigenvalue weighted by atomic mass is 9.94. The third-order valence-electron chi connectivity index (χ3n) is 2.86. The number of carbonyl (C=O) groups is 2. The Morgan fingerprint density at radius 2 is 2.12 bits per heavy atom. The summed E-state index contributed by atoms with van der Waals surface area (Å²) >= 11 is 0. The minimum absolute atomic E-state index is 0.0591. The van der Waals surface area contributed by atoms with E-state index < -0.39 is 0 Å². The average Bonchev–Trinajstić information content (AvgIpc) is 2.25. The summed E-state index contributed by atoms with van der Waals surface area (Å²) in [4.78, 5) is 23.1. The van der Waals surface area contributed by atoms with Crippen LogP contribution in [0.1, 0.15) is 33.6 Å². The van der Waals surface area contributed by atoms with Crippen LogP contribution < -0.4 is 16.0 Å². The van der Waals surface area contributed by atoms with Crippen molar-refractivity contribution in [1.29, 1.82) is 0 Å². The Labute approximate surface area is 103 Å². The van der Waals surface area contributed by atoms with Gasteiger partial charge in [0.15, 0.2) is 0 Å². The molecule has 0 bridgehead atoms. The molecule has 5 nitrogen and oxygen atoms in total. The highest BCUT2D eigenvalue weighted by atomic mass is 16.2. The summed E-state index contributed by atoms with van der Waals surface area (Å²) < 4.78 is 0. The first-order valence-corrected chi connectivity index (χ1v) is 6.29. The molecule has 0 spiro atoms. The molecule has 0 saturated carbocycles. The van der Waals surface area contributed by atoms with E-state index in [1.807, 2.05) is 13.8 Å². The van der Waals surface area contributed by atoms with Gasteiger partial charge in [0.1, 0.15) is 0 Å². The van der Waals surface area contributed by atoms with Crippen LogP contribution in [0.2, 0.25) is 0 Å². The van der Waals surface area contributed by atoms with E-state index in [0.717, 1.165) is 19.4 Å². The number of hydrogen-bond donors (Lipinski definition) is 3. The molecule has 1 aliphatic rings. The topological polar surface area (TPSA) is 70.2 Å². The van der Waals surface area contributed by atoms with Crippen molar-refractivity contribution < 1.29 is 9.59 Å². The van der Waals surface area contributed by atoms with Crippen LogP contribution in [0.5, 0.6) is 0 Å². The average molecular weight is 241 g/mol. The maximum Gasteiger partial charge on any atom is 0.239 e. The van der Waals surface area contributed by atoms with Crippen molar-refractivity contribution in [3.63, 3.8) is 0 Å². The van der Waals surface area contributed by atoms with Crippen molar-refractivity contribution in [2.45, 2.75) is 45.7 Å². The van der Waals surface area contributed by atoms with Crippen LogP contribution in [0.4, 0.5) is 0 Å². The van der Waals surface area contributed by atoms with Crippen LogP contribution in [0.15, 0.2) is 0 Å². The van der Waals surface area contributed by atoms with Gasteiger partial charge in [-0.1, -0.05) is 6.92 Å². The fourth-order valence-corrected chi connectivity index (χ4v) is 1.97. The van der Waals surface area contributed by atoms with Gasteiger partial charge in [-0.2, -0.15) is 0 Å². The van der Waals surface area contributed by atoms with Gasteiger partial charge in [0.2, 0.25) is 11.8 Å². The highest BCUT2D eigenvalue weighted by Crippen LogP contribution is 2.14. The molecule has 1 rings (SSSR count). The first-order valence-electron chi connectivity index (χ1n) is 6.29. The van der Waals surface area contributed by atoms with Gasteiger partial charge in [0.05, 0.1) is 12.6 Å². The largest absolute Gasteiger partial charge is 0.352 e. The lowest BCUT2D eigenvalue weighted by Gasteiger charge is -2.27. The number of hydrogen-bond acceptors (Lipinski definition) is 3. The summed E-state index contributed by atoms with van der Waals surface area (Å²) in [6.45, 7) is 6.86. The Balaban J connectivity index is 2.26. The predicted octanol–water partition coefficient (Wildman–Crippen LogP) is 0.0153. The normalized spacial score (nSPS) is 24.5. The predicted molar refractivity (Wildman–Crippen MR) is 66.5 cm³/mol. The molecule has 0 radical (unpaired) electrons. The molecule has 17 heavy (non-hydrogen) atoms. The van der Waals surface area contributed by atoms with Crippen LogP contribution in [-0.2, 0) is 9.59 Å². The number of nitrogens with one attached hydrogen (secondary N) is 3. The molecular formula is C12H23N3O2. The van der Waals surface area contributed by atoms with Crippen LogP contribution in [-0.4, -0.2) is 37.0 Å². The van der Waals surface area contributed by atoms with E-state index in [-0.39, 0.29) is 30.4 Å². The van der Waals surface area contributed by atoms with E-state index in [9.17, 15) is 9.59 Å². The number of rotatable bonds is 4. The second-order valence-electron chi connectivity index (χ2n) is 5.08. The zero-order valence-electron chi connectivity index (χ0n) is 10.9. The third kappa shape index (κ3) is 5.17. The molecule has 0 aromatic heterocycles. The van der Waals surface area contributed by atoms with Crippen molar-refractivity contribution in [3.05, 3.63) is 0 Å². The second kappa shape index (κ2) is 6.59. The van der Waals surface area contributed by atoms with Gasteiger partial charge < -0.3 is 16.0 Å². The van der Waals surface area contributed by atoms with Crippen molar-refractivity contribution in [2.24, 2.45) is 5.92 Å². The highest BCUT2D eigenvalue weighted by molar-refractivity contribution is 5.87. The van der Waals surface area contributed by atoms with E-state index in [2.05, 4.69) is 22.9 Å². The van der Waals surface area contributed by atoms with Crippen molar-refractivity contribution in [2.75, 3.05) is 13.1 Å². The highest BCUT2D eigenvalue weighted by Gasteiger charge is 2.24. The first kappa shape index (κ1) is 14.0. The maximum atomic E-state index is 11.8. The summed E-state index contributed by atoms with van der Waals surface area (Å²) in [6.07, 6.45) is 1.95. The molecule has 98 valence electrons. The smallest absolute Gasteiger partial charge is 0.239 e. The van der Waals surface area contributed by atoms with Gasteiger partial charge in [0.25, 0.3) is 0 Å². The second-order valence-corrected chi connectivity index (χ2v) is 5.08. The summed E-state index contributed by atoms with van der Waals surface area (Å²) in [5.41, 5.74) is 0. The van der Waals surface area contributed by atoms with E-state index >= 15 is 0 Å². The molecule has 0 aromatic rings. The maximum absolute atomic E-state index is 11.8. The zero-order valence-corrected chi connectivity index (χ0v) is 10.9. The monoisotopic (exact) mass is 241 g/mol. The number of amides is 2. The van der Waals surface area contributed by atoms with Gasteiger partial charge in [-0.3, -0.25) is 9.59 Å². The summed E-state index contributed by atoms with van der Waals surface area (Å²) in [5, 5.41) is 8.57. The van der Waals surface area contributed by atoms with Crippen LogP contribution in [0, 0.1) is 5.92 Å². The Morgan fingerprint density at radius 3 is 2.71 bits per heavy atom. The van der Waals surface area contributed by atoms with Crippen molar-refractivity contribution in [3.8, 4) is 0 Å². The van der Waals surface area contributed by atoms with E-state index in [1.54, 1.807) is 0 Å². The summed E-state index contributed by atoms with van der Waals surface area (Å²) in [6, 6.07) is -0.0437. The fourth-order valence-electron chi connectivity index (χ4n) is 1.97. The molecule has 1 saturated heterocycles. The lowest BCUT2D eigenvalue weighted by molar-refractivity contribution is -0.128. The van der Waals surface area contributed by atoms with Crippen LogP contribution in [0.3, 0.4) is 0 Å². The third-order valence-corrected chi connectivity index (χ3v) is 2.86. The molecule has 0 aliphatic carbocycles. The van der Waals surface area contributed by atoms with Crippen molar-refractivity contribution >= 4 is 11.8 Å². The van der Waals surface area contributed by atoms with Gasteiger partial charge in [0, 0.05) is 6.04 Å². The Kier molecular flexibility index (Phi) is 5.41. The molecule has 1 heterocycles. The number of piperidine rings is 1. The van der Waals surface area contributed by atoms with Gasteiger partial charge >= 0.3 is 0 Å². The Morgan fingerprint density at radius 1 is 1.41 bits per heavy atom. The Hall–Kier alpha value is -1.10. The molecule has 2 atom stereocenters. The lowest BCUT2D eigenvalue weighted by Crippen LogP contribution is -2.50. The quantitative estimate of drug-likeness (QED) is 0.649. The molecule has 2 unspecified atom stereocenters. The minimum Gasteiger partial charge on any atom is -0.352 e. The Bertz CT molecular complexity index is 279. The molecule has 5 heteroatoms. The van der Waals surface area contributed by atoms with E-state index in [0.29, 0.717) is 5.92 Å². The van der Waals surface area contributed by atoms with Crippen LogP contribution >= 0.6 is 0 Å². The van der Waals surface area contributed by atoms with Crippen molar-refractivity contribution in [1.82, 2.24) is 16.0 Å². The molecule has 3 N–H and O–H groups in total. The van der Waals surface area contributed by atoms with Gasteiger partial charge in [-0.15, -0.1) is 0 Å². The van der Waals surface area contributed by atoms with Gasteiger partial charge in [-0.05, 0) is 39.2 Å². The molecule has 1 aliphatic heterocycles. The zero-order chi connectivity index (χ0) is 12.8. The van der Waals surface area contributed by atoms with E-state index in [1.165, 1.54) is 0 Å². The molecule has 2 amide bonds. The number of carbonyl (C=O) groups excluding carboxylic acids is 2. The van der Waals surface area contributed by atoms with Gasteiger partial charge in [-0.25, -0.2) is 0 Å². The van der Waals surface area contributed by atoms with E-state index in [4.69, 9.17) is 0 Å². The standard InChI is InChI=1S/C12H23N3O2/c1-8(2)15-11(16)7-14-12(17)10-6-9(3)4-5-13-10/h8-10,13H,4-7H2,1-3H3,(H,14,17)(H,15,16). The molecule has 1 fully saturated rings.